The Morgan fingerprint density at radius 2 is 2.10 bits per heavy atom. The second-order valence-corrected chi connectivity index (χ2v) is 5.50. The van der Waals surface area contributed by atoms with E-state index in [1.807, 2.05) is 6.07 Å². The molecule has 0 saturated heterocycles. The first-order valence-electron chi connectivity index (χ1n) is 7.39. The van der Waals surface area contributed by atoms with Gasteiger partial charge in [0.25, 0.3) is 0 Å². The van der Waals surface area contributed by atoms with Crippen LogP contribution in [0.1, 0.15) is 38.9 Å². The van der Waals surface area contributed by atoms with Gasteiger partial charge in [0.1, 0.15) is 0 Å². The van der Waals surface area contributed by atoms with E-state index < -0.39 is 6.10 Å². The van der Waals surface area contributed by atoms with Crippen LogP contribution in [0.4, 0.5) is 10.5 Å². The van der Waals surface area contributed by atoms with Crippen molar-refractivity contribution in [2.75, 3.05) is 25.1 Å². The van der Waals surface area contributed by atoms with Gasteiger partial charge in [-0.2, -0.15) is 0 Å². The predicted octanol–water partition coefficient (Wildman–Crippen LogP) is 2.92. The molecule has 5 heteroatoms. The summed E-state index contributed by atoms with van der Waals surface area (Å²) in [5, 5.41) is 15.0. The number of hydrogen-bond acceptors (Lipinski definition) is 3. The topological polar surface area (TPSA) is 70.6 Å². The van der Waals surface area contributed by atoms with Crippen molar-refractivity contribution in [2.24, 2.45) is 5.92 Å². The standard InChI is InChI=1S/C16H26N2O3/c1-12(2)11-21-9-5-8-17-16(20)18-15-7-4-6-14(10-15)13(3)19/h4,6-7,10,12-13,19H,5,8-9,11H2,1-3H3,(H2,17,18,20). The Labute approximate surface area is 126 Å². The Hall–Kier alpha value is -1.59. The second kappa shape index (κ2) is 9.37. The number of nitrogens with one attached hydrogen (secondary N) is 2. The molecule has 3 N–H and O–H groups in total. The third kappa shape index (κ3) is 7.68. The van der Waals surface area contributed by atoms with Gasteiger partial charge >= 0.3 is 6.03 Å². The van der Waals surface area contributed by atoms with Gasteiger partial charge in [0.2, 0.25) is 0 Å². The number of ether oxygens (including phenoxy) is 1. The number of aliphatic hydroxyl groups is 1. The third-order valence-electron chi connectivity index (χ3n) is 2.83. The molecule has 1 rings (SSSR count). The normalized spacial score (nSPS) is 12.2. The van der Waals surface area contributed by atoms with Crippen molar-refractivity contribution in [2.45, 2.75) is 33.3 Å². The third-order valence-corrected chi connectivity index (χ3v) is 2.83. The van der Waals surface area contributed by atoms with E-state index in [0.717, 1.165) is 18.6 Å². The first-order valence-corrected chi connectivity index (χ1v) is 7.39. The fraction of sp³-hybridized carbons (Fsp3) is 0.562. The Morgan fingerprint density at radius 1 is 1.33 bits per heavy atom. The smallest absolute Gasteiger partial charge is 0.319 e. The fourth-order valence-corrected chi connectivity index (χ4v) is 1.75. The van der Waals surface area contributed by atoms with Crippen LogP contribution in [0.2, 0.25) is 0 Å². The molecule has 0 aliphatic carbocycles. The van der Waals surface area contributed by atoms with E-state index in [-0.39, 0.29) is 6.03 Å². The van der Waals surface area contributed by atoms with E-state index in [9.17, 15) is 9.90 Å². The van der Waals surface area contributed by atoms with Gasteiger partial charge < -0.3 is 20.5 Å². The van der Waals surface area contributed by atoms with Crippen molar-refractivity contribution < 1.29 is 14.6 Å². The number of urea groups is 1. The zero-order chi connectivity index (χ0) is 15.7. The monoisotopic (exact) mass is 294 g/mol. The Balaban J connectivity index is 2.23. The van der Waals surface area contributed by atoms with Crippen LogP contribution in [0.3, 0.4) is 0 Å². The SMILES string of the molecule is CC(C)COCCCNC(=O)Nc1cccc(C(C)O)c1. The molecule has 0 spiro atoms. The molecule has 0 aromatic heterocycles. The van der Waals surface area contributed by atoms with E-state index in [1.165, 1.54) is 0 Å². The van der Waals surface area contributed by atoms with Gasteiger partial charge in [-0.15, -0.1) is 0 Å². The molecule has 0 fully saturated rings. The summed E-state index contributed by atoms with van der Waals surface area (Å²) < 4.78 is 5.44. The minimum Gasteiger partial charge on any atom is -0.389 e. The van der Waals surface area contributed by atoms with Gasteiger partial charge in [0.05, 0.1) is 6.10 Å². The molecule has 0 radical (unpaired) electrons. The molecular formula is C16H26N2O3. The maximum Gasteiger partial charge on any atom is 0.319 e. The molecule has 1 aromatic carbocycles. The molecule has 0 saturated carbocycles. The van der Waals surface area contributed by atoms with Crippen molar-refractivity contribution in [1.82, 2.24) is 5.32 Å². The van der Waals surface area contributed by atoms with Crippen LogP contribution in [0.25, 0.3) is 0 Å². The lowest BCUT2D eigenvalue weighted by Crippen LogP contribution is -2.30. The van der Waals surface area contributed by atoms with Crippen molar-refractivity contribution in [3.8, 4) is 0 Å². The van der Waals surface area contributed by atoms with Gasteiger partial charge in [-0.3, -0.25) is 0 Å². The highest BCUT2D eigenvalue weighted by molar-refractivity contribution is 5.89. The van der Waals surface area contributed by atoms with Crippen molar-refractivity contribution in [1.29, 1.82) is 0 Å². The summed E-state index contributed by atoms with van der Waals surface area (Å²) in [6.45, 7) is 7.87. The molecular weight excluding hydrogens is 268 g/mol. The molecule has 1 atom stereocenters. The lowest BCUT2D eigenvalue weighted by molar-refractivity contribution is 0.108. The molecule has 0 bridgehead atoms. The maximum absolute atomic E-state index is 11.7. The first-order chi connectivity index (χ1) is 9.99. The van der Waals surface area contributed by atoms with E-state index in [0.29, 0.717) is 24.8 Å². The predicted molar refractivity (Wildman–Crippen MR) is 84.4 cm³/mol. The van der Waals surface area contributed by atoms with Crippen molar-refractivity contribution >= 4 is 11.7 Å². The first kappa shape index (κ1) is 17.5. The zero-order valence-electron chi connectivity index (χ0n) is 13.1. The molecule has 5 nitrogen and oxygen atoms in total. The Bertz CT molecular complexity index is 433. The van der Waals surface area contributed by atoms with Crippen LogP contribution in [-0.2, 0) is 4.74 Å². The van der Waals surface area contributed by atoms with Gasteiger partial charge in [-0.25, -0.2) is 4.79 Å². The number of anilines is 1. The molecule has 118 valence electrons. The van der Waals surface area contributed by atoms with Crippen LogP contribution in [0.5, 0.6) is 0 Å². The highest BCUT2D eigenvalue weighted by atomic mass is 16.5. The van der Waals surface area contributed by atoms with E-state index in [2.05, 4.69) is 24.5 Å². The van der Waals surface area contributed by atoms with Crippen LogP contribution < -0.4 is 10.6 Å². The molecule has 1 unspecified atom stereocenters. The summed E-state index contributed by atoms with van der Waals surface area (Å²) in [5.41, 5.74) is 1.44. The quantitative estimate of drug-likeness (QED) is 0.646. The van der Waals surface area contributed by atoms with Crippen molar-refractivity contribution in [3.63, 3.8) is 0 Å². The van der Waals surface area contributed by atoms with Gasteiger partial charge in [-0.05, 0) is 37.0 Å². The average molecular weight is 294 g/mol. The van der Waals surface area contributed by atoms with Crippen molar-refractivity contribution in [3.05, 3.63) is 29.8 Å². The Morgan fingerprint density at radius 3 is 2.76 bits per heavy atom. The number of hydrogen-bond donors (Lipinski definition) is 3. The number of carbonyl (C=O) groups is 1. The molecule has 0 aliphatic heterocycles. The molecule has 0 heterocycles. The maximum atomic E-state index is 11.7. The minimum absolute atomic E-state index is 0.249. The lowest BCUT2D eigenvalue weighted by atomic mass is 10.1. The Kier molecular flexibility index (Phi) is 7.79. The number of rotatable bonds is 8. The molecule has 21 heavy (non-hydrogen) atoms. The average Bonchev–Trinajstić information content (AvgIpc) is 2.42. The van der Waals surface area contributed by atoms with Gasteiger partial charge in [-0.1, -0.05) is 26.0 Å². The van der Waals surface area contributed by atoms with Crippen LogP contribution in [0.15, 0.2) is 24.3 Å². The van der Waals surface area contributed by atoms with Gasteiger partial charge in [0, 0.05) is 25.4 Å². The minimum atomic E-state index is -0.548. The molecule has 0 aliphatic rings. The summed E-state index contributed by atoms with van der Waals surface area (Å²) in [6, 6.07) is 6.92. The van der Waals surface area contributed by atoms with Crippen LogP contribution in [-0.4, -0.2) is 30.9 Å². The summed E-state index contributed by atoms with van der Waals surface area (Å²) in [4.78, 5) is 11.7. The second-order valence-electron chi connectivity index (χ2n) is 5.50. The van der Waals surface area contributed by atoms with E-state index in [1.54, 1.807) is 25.1 Å². The summed E-state index contributed by atoms with van der Waals surface area (Å²) in [7, 11) is 0. The number of benzene rings is 1. The van der Waals surface area contributed by atoms with E-state index >= 15 is 0 Å². The molecule has 2 amide bonds. The van der Waals surface area contributed by atoms with E-state index in [4.69, 9.17) is 4.74 Å². The summed E-state index contributed by atoms with van der Waals surface area (Å²) in [6.07, 6.45) is 0.237. The highest BCUT2D eigenvalue weighted by Gasteiger charge is 2.04. The lowest BCUT2D eigenvalue weighted by Gasteiger charge is -2.10. The zero-order valence-corrected chi connectivity index (χ0v) is 13.1. The number of carbonyl (C=O) groups excluding carboxylic acids is 1. The number of amides is 2. The van der Waals surface area contributed by atoms with Crippen LogP contribution >= 0.6 is 0 Å². The van der Waals surface area contributed by atoms with Gasteiger partial charge in [0.15, 0.2) is 0 Å². The summed E-state index contributed by atoms with van der Waals surface area (Å²) in [5.74, 6) is 0.530. The highest BCUT2D eigenvalue weighted by Crippen LogP contribution is 2.16. The van der Waals surface area contributed by atoms with Crippen LogP contribution in [0, 0.1) is 5.92 Å². The fourth-order valence-electron chi connectivity index (χ4n) is 1.75. The largest absolute Gasteiger partial charge is 0.389 e. The summed E-state index contributed by atoms with van der Waals surface area (Å²) >= 11 is 0. The molecule has 1 aromatic rings. The number of aliphatic hydroxyl groups excluding tert-OH is 1.